The Morgan fingerprint density at radius 1 is 1.12 bits per heavy atom. The van der Waals surface area contributed by atoms with Gasteiger partial charge >= 0.3 is 6.09 Å². The Hall–Kier alpha value is -1.68. The second kappa shape index (κ2) is 7.93. The van der Waals surface area contributed by atoms with E-state index in [0.29, 0.717) is 11.7 Å². The third-order valence-corrected chi connectivity index (χ3v) is 7.93. The maximum atomic E-state index is 12.6. The lowest BCUT2D eigenvalue weighted by atomic mass is 10.0. The number of hydrogen-bond donors (Lipinski definition) is 0. The highest BCUT2D eigenvalue weighted by atomic mass is 32.4. The van der Waals surface area contributed by atoms with E-state index in [1.165, 1.54) is 11.8 Å². The minimum absolute atomic E-state index is 0.357. The number of benzene rings is 2. The Bertz CT molecular complexity index is 749. The van der Waals surface area contributed by atoms with Gasteiger partial charge in [-0.3, -0.25) is 4.67 Å². The molecule has 2 aromatic rings. The lowest BCUT2D eigenvalue weighted by Gasteiger charge is -2.29. The highest BCUT2D eigenvalue weighted by Crippen LogP contribution is 2.48. The molecule has 1 amide bonds. The third-order valence-electron chi connectivity index (χ3n) is 3.72. The molecule has 24 heavy (non-hydrogen) atoms. The monoisotopic (exact) mass is 363 g/mol. The first-order chi connectivity index (χ1) is 11.4. The average Bonchev–Trinajstić information content (AvgIpc) is 2.61. The highest BCUT2D eigenvalue weighted by Gasteiger charge is 2.30. The Kier molecular flexibility index (Phi) is 6.16. The first kappa shape index (κ1) is 18.7. The topological polar surface area (TPSA) is 38.8 Å². The van der Waals surface area contributed by atoms with Crippen LogP contribution in [0.1, 0.15) is 25.3 Å². The lowest BCUT2D eigenvalue weighted by molar-refractivity contribution is 0.183. The van der Waals surface area contributed by atoms with Crippen LogP contribution in [0.5, 0.6) is 5.75 Å². The van der Waals surface area contributed by atoms with Crippen LogP contribution in [-0.2, 0) is 16.3 Å². The zero-order valence-corrected chi connectivity index (χ0v) is 16.0. The van der Waals surface area contributed by atoms with E-state index in [1.807, 2.05) is 48.5 Å². The van der Waals surface area contributed by atoms with Gasteiger partial charge in [0.1, 0.15) is 5.75 Å². The van der Waals surface area contributed by atoms with Gasteiger partial charge in [-0.2, -0.15) is 0 Å². The molecule has 4 nitrogen and oxygen atoms in total. The van der Waals surface area contributed by atoms with Crippen LogP contribution in [0.4, 0.5) is 4.79 Å². The van der Waals surface area contributed by atoms with Crippen molar-refractivity contribution in [2.45, 2.75) is 19.8 Å². The minimum atomic E-state index is -2.68. The van der Waals surface area contributed by atoms with Gasteiger partial charge in [0.2, 0.25) is 0 Å². The van der Waals surface area contributed by atoms with E-state index in [9.17, 15) is 4.79 Å². The fourth-order valence-corrected chi connectivity index (χ4v) is 4.40. The molecule has 0 heterocycles. The molecule has 0 saturated heterocycles. The van der Waals surface area contributed by atoms with Crippen LogP contribution in [0.15, 0.2) is 54.6 Å². The first-order valence-electron chi connectivity index (χ1n) is 7.66. The molecule has 0 aliphatic heterocycles. The fraction of sp³-hybridized carbons (Fsp3) is 0.278. The van der Waals surface area contributed by atoms with Gasteiger partial charge in [-0.05, 0) is 47.6 Å². The van der Waals surface area contributed by atoms with Crippen LogP contribution in [0.2, 0.25) is 0 Å². The predicted octanol–water partition coefficient (Wildman–Crippen LogP) is 4.52. The molecule has 0 aliphatic carbocycles. The van der Waals surface area contributed by atoms with Crippen molar-refractivity contribution >= 4 is 29.6 Å². The van der Waals surface area contributed by atoms with E-state index in [0.717, 1.165) is 10.9 Å². The molecular formula is C18H22NO3PS. The van der Waals surface area contributed by atoms with Gasteiger partial charge in [0.05, 0.1) is 0 Å². The smallest absolute Gasteiger partial charge is 0.410 e. The lowest BCUT2D eigenvalue weighted by Crippen LogP contribution is -2.31. The summed E-state index contributed by atoms with van der Waals surface area (Å²) in [5, 5.41) is 0.804. The van der Waals surface area contributed by atoms with Crippen LogP contribution in [-0.4, -0.2) is 24.9 Å². The summed E-state index contributed by atoms with van der Waals surface area (Å²) in [4.78, 5) is 12.6. The third kappa shape index (κ3) is 4.04. The summed E-state index contributed by atoms with van der Waals surface area (Å²) < 4.78 is 12.5. The number of ether oxygens (including phenoxy) is 1. The number of nitrogens with zero attached hydrogens (tertiary/aromatic N) is 1. The van der Waals surface area contributed by atoms with E-state index in [1.54, 1.807) is 13.1 Å². The molecule has 0 bridgehead atoms. The maximum absolute atomic E-state index is 12.6. The second-order valence-corrected chi connectivity index (χ2v) is 9.66. The highest BCUT2D eigenvalue weighted by molar-refractivity contribution is 8.14. The summed E-state index contributed by atoms with van der Waals surface area (Å²) in [6.45, 7) is 4.18. The van der Waals surface area contributed by atoms with Crippen LogP contribution in [0.25, 0.3) is 0 Å². The summed E-state index contributed by atoms with van der Waals surface area (Å²) in [6, 6.07) is 16.9. The van der Waals surface area contributed by atoms with Gasteiger partial charge in [0, 0.05) is 19.5 Å². The molecule has 0 N–H and O–H groups in total. The van der Waals surface area contributed by atoms with Crippen molar-refractivity contribution in [3.63, 3.8) is 0 Å². The Morgan fingerprint density at radius 2 is 1.79 bits per heavy atom. The van der Waals surface area contributed by atoms with Crippen molar-refractivity contribution in [3.8, 4) is 5.75 Å². The molecule has 128 valence electrons. The van der Waals surface area contributed by atoms with Gasteiger partial charge in [0.25, 0.3) is 0 Å². The van der Waals surface area contributed by atoms with Gasteiger partial charge in [-0.1, -0.05) is 44.2 Å². The minimum Gasteiger partial charge on any atom is -0.410 e. The summed E-state index contributed by atoms with van der Waals surface area (Å²) in [7, 11) is 3.14. The molecule has 0 aromatic heterocycles. The van der Waals surface area contributed by atoms with Crippen molar-refractivity contribution in [3.05, 3.63) is 60.2 Å². The fourth-order valence-electron chi connectivity index (χ4n) is 2.23. The van der Waals surface area contributed by atoms with Crippen molar-refractivity contribution in [1.29, 1.82) is 0 Å². The molecule has 0 spiro atoms. The number of amides is 1. The van der Waals surface area contributed by atoms with Crippen molar-refractivity contribution < 1.29 is 14.1 Å². The molecule has 1 atom stereocenters. The standard InChI is InChI=1S/C18H22NO3PS/c1-14(2)15-9-8-10-16(13-15)22-18(20)19(3)23(24,21-4)17-11-6-5-7-12-17/h5-14H,1-4H3. The van der Waals surface area contributed by atoms with E-state index in [2.05, 4.69) is 13.8 Å². The van der Waals surface area contributed by atoms with Crippen LogP contribution >= 0.6 is 6.42 Å². The molecule has 0 saturated carbocycles. The number of carbonyl (C=O) groups excluding carboxylic acids is 1. The summed E-state index contributed by atoms with van der Waals surface area (Å²) in [6.07, 6.45) is -3.20. The molecule has 6 heteroatoms. The largest absolute Gasteiger partial charge is 0.420 e. The van der Waals surface area contributed by atoms with Crippen LogP contribution < -0.4 is 10.0 Å². The molecular weight excluding hydrogens is 341 g/mol. The van der Waals surface area contributed by atoms with E-state index in [-0.39, 0.29) is 0 Å². The SMILES string of the molecule is COP(=S)(c1ccccc1)N(C)C(=O)Oc1cccc(C(C)C)c1. The predicted molar refractivity (Wildman–Crippen MR) is 102 cm³/mol. The van der Waals surface area contributed by atoms with Crippen molar-refractivity contribution in [2.75, 3.05) is 14.2 Å². The summed E-state index contributed by atoms with van der Waals surface area (Å²) >= 11 is 5.67. The Morgan fingerprint density at radius 3 is 2.38 bits per heavy atom. The molecule has 2 aromatic carbocycles. The average molecular weight is 363 g/mol. The van der Waals surface area contributed by atoms with Gasteiger partial charge in [-0.25, -0.2) is 4.79 Å². The summed E-state index contributed by atoms with van der Waals surface area (Å²) in [5.41, 5.74) is 1.11. The Balaban J connectivity index is 2.22. The molecule has 0 aliphatic rings. The number of hydrogen-bond acceptors (Lipinski definition) is 4. The second-order valence-electron chi connectivity index (χ2n) is 5.66. The molecule has 0 radical (unpaired) electrons. The van der Waals surface area contributed by atoms with Crippen LogP contribution in [0, 0.1) is 0 Å². The molecule has 1 unspecified atom stereocenters. The van der Waals surface area contributed by atoms with Gasteiger partial charge < -0.3 is 9.26 Å². The number of rotatable bonds is 5. The van der Waals surface area contributed by atoms with Crippen molar-refractivity contribution in [1.82, 2.24) is 4.67 Å². The zero-order valence-electron chi connectivity index (χ0n) is 14.3. The van der Waals surface area contributed by atoms with E-state index in [4.69, 9.17) is 21.1 Å². The van der Waals surface area contributed by atoms with E-state index >= 15 is 0 Å². The Labute approximate surface area is 148 Å². The van der Waals surface area contributed by atoms with Crippen LogP contribution in [0.3, 0.4) is 0 Å². The number of carbonyl (C=O) groups is 1. The van der Waals surface area contributed by atoms with Crippen molar-refractivity contribution in [2.24, 2.45) is 0 Å². The van der Waals surface area contributed by atoms with Gasteiger partial charge in [0.15, 0.2) is 6.42 Å². The molecule has 2 rings (SSSR count). The first-order valence-corrected chi connectivity index (χ1v) is 10.3. The zero-order chi connectivity index (χ0) is 17.7. The summed E-state index contributed by atoms with van der Waals surface area (Å²) in [5.74, 6) is 0.860. The van der Waals surface area contributed by atoms with Gasteiger partial charge in [-0.15, -0.1) is 0 Å². The maximum Gasteiger partial charge on any atom is 0.420 e. The normalized spacial score (nSPS) is 13.4. The quantitative estimate of drug-likeness (QED) is 0.732. The molecule has 0 fully saturated rings. The van der Waals surface area contributed by atoms with E-state index < -0.39 is 12.5 Å².